The summed E-state index contributed by atoms with van der Waals surface area (Å²) in [6.45, 7) is 4.71. The summed E-state index contributed by atoms with van der Waals surface area (Å²) in [5.74, 6) is 1.78. The van der Waals surface area contributed by atoms with E-state index >= 15 is 0 Å². The Hall–Kier alpha value is -4.92. The van der Waals surface area contributed by atoms with Crippen LogP contribution in [0.1, 0.15) is 31.1 Å². The van der Waals surface area contributed by atoms with Gasteiger partial charge >= 0.3 is 0 Å². The van der Waals surface area contributed by atoms with E-state index in [9.17, 15) is 0 Å². The third-order valence-corrected chi connectivity index (χ3v) is 6.82. The SMILES string of the molecule is CC(=O)O.c1cc2cc(-c3ccc(-c4ccc5cc(C6=NCCCN6)oc5c4)cn3)[nH]c2cc1C1=NCCCN1. The molecule has 0 fully saturated rings. The van der Waals surface area contributed by atoms with Gasteiger partial charge in [0.25, 0.3) is 5.97 Å². The van der Waals surface area contributed by atoms with Crippen LogP contribution in [0.4, 0.5) is 0 Å². The lowest BCUT2D eigenvalue weighted by Crippen LogP contribution is -2.30. The van der Waals surface area contributed by atoms with Crippen molar-refractivity contribution in [3.63, 3.8) is 0 Å². The molecule has 0 bridgehead atoms. The number of amidine groups is 2. The van der Waals surface area contributed by atoms with Crippen LogP contribution in [-0.4, -0.2) is 58.9 Å². The number of hydrogen-bond acceptors (Lipinski definition) is 7. The Bertz CT molecular complexity index is 1700. The summed E-state index contributed by atoms with van der Waals surface area (Å²) >= 11 is 0. The van der Waals surface area contributed by atoms with E-state index < -0.39 is 5.97 Å². The van der Waals surface area contributed by atoms with Gasteiger partial charge in [0.15, 0.2) is 11.6 Å². The van der Waals surface area contributed by atoms with Gasteiger partial charge in [-0.2, -0.15) is 0 Å². The predicted octanol–water partition coefficient (Wildman–Crippen LogP) is 5.21. The highest BCUT2D eigenvalue weighted by Gasteiger charge is 2.14. The second-order valence-electron chi connectivity index (χ2n) is 9.82. The highest BCUT2D eigenvalue weighted by atomic mass is 16.4. The van der Waals surface area contributed by atoms with Crippen molar-refractivity contribution in [2.45, 2.75) is 19.8 Å². The number of fused-ring (bicyclic) bond motifs is 2. The van der Waals surface area contributed by atoms with Crippen LogP contribution in [0, 0.1) is 0 Å². The number of furan rings is 1. The summed E-state index contributed by atoms with van der Waals surface area (Å²) in [4.78, 5) is 26.5. The number of carboxylic acid groups (broad SMARTS) is 1. The summed E-state index contributed by atoms with van der Waals surface area (Å²) in [6, 6.07) is 21.1. The number of aromatic nitrogens is 2. The molecule has 2 aromatic carbocycles. The van der Waals surface area contributed by atoms with Crippen molar-refractivity contribution >= 4 is 39.5 Å². The molecule has 3 aromatic heterocycles. The van der Waals surface area contributed by atoms with Gasteiger partial charge in [-0.15, -0.1) is 0 Å². The first-order chi connectivity index (χ1) is 19.5. The van der Waals surface area contributed by atoms with E-state index in [2.05, 4.69) is 86.3 Å². The summed E-state index contributed by atoms with van der Waals surface area (Å²) in [5.41, 5.74) is 7.08. The van der Waals surface area contributed by atoms with Crippen molar-refractivity contribution in [3.8, 4) is 22.5 Å². The van der Waals surface area contributed by atoms with Crippen molar-refractivity contribution in [2.75, 3.05) is 26.2 Å². The molecule has 0 atom stereocenters. The molecule has 2 aliphatic rings. The molecule has 5 heterocycles. The predicted molar refractivity (Wildman–Crippen MR) is 158 cm³/mol. The fourth-order valence-electron chi connectivity index (χ4n) is 4.89. The molecule has 9 nitrogen and oxygen atoms in total. The summed E-state index contributed by atoms with van der Waals surface area (Å²) in [5, 5.41) is 16.4. The van der Waals surface area contributed by atoms with E-state index in [0.29, 0.717) is 0 Å². The number of aromatic amines is 1. The molecule has 0 aliphatic carbocycles. The molecule has 4 N–H and O–H groups in total. The lowest BCUT2D eigenvalue weighted by atomic mass is 10.1. The first-order valence-corrected chi connectivity index (χ1v) is 13.4. The average molecular weight is 535 g/mol. The number of nitrogens with zero attached hydrogens (tertiary/aromatic N) is 3. The van der Waals surface area contributed by atoms with Crippen LogP contribution in [0.5, 0.6) is 0 Å². The van der Waals surface area contributed by atoms with E-state index in [-0.39, 0.29) is 0 Å². The second kappa shape index (κ2) is 11.1. The van der Waals surface area contributed by atoms with Gasteiger partial charge in [-0.05, 0) is 48.7 Å². The number of H-pyrrole nitrogens is 1. The summed E-state index contributed by atoms with van der Waals surface area (Å²) in [6.07, 6.45) is 4.07. The number of hydrogen-bond donors (Lipinski definition) is 4. The zero-order chi connectivity index (χ0) is 27.5. The monoisotopic (exact) mass is 534 g/mol. The molecular weight excluding hydrogens is 504 g/mol. The standard InChI is InChI=1S/C29H26N6O.C2H4O2/c1-9-30-28(31-10-1)21-6-4-19-13-25(35-24(19)14-21)23-8-7-22(17-34-23)18-3-5-20-16-27(36-26(20)15-18)29-32-11-2-12-33-29;1-2(3)4/h3-8,13-17,35H,1-2,9-12H2,(H,30,31)(H,32,33);1H3,(H,3,4). The highest BCUT2D eigenvalue weighted by Crippen LogP contribution is 2.29. The number of pyridine rings is 1. The van der Waals surface area contributed by atoms with Gasteiger partial charge in [-0.3, -0.25) is 19.8 Å². The number of nitrogens with one attached hydrogen (secondary N) is 3. The van der Waals surface area contributed by atoms with Gasteiger partial charge in [0.1, 0.15) is 11.4 Å². The maximum absolute atomic E-state index is 9.00. The van der Waals surface area contributed by atoms with Crippen molar-refractivity contribution in [1.29, 1.82) is 0 Å². The van der Waals surface area contributed by atoms with Gasteiger partial charge in [-0.1, -0.05) is 30.3 Å². The number of carbonyl (C=O) groups is 1. The normalized spacial score (nSPS) is 14.9. The first-order valence-electron chi connectivity index (χ1n) is 13.4. The zero-order valence-electron chi connectivity index (χ0n) is 22.2. The van der Waals surface area contributed by atoms with Crippen molar-refractivity contribution in [2.24, 2.45) is 9.98 Å². The zero-order valence-corrected chi connectivity index (χ0v) is 22.2. The van der Waals surface area contributed by atoms with Gasteiger partial charge < -0.3 is 25.1 Å². The Labute approximate surface area is 231 Å². The third kappa shape index (κ3) is 5.44. The Kier molecular flexibility index (Phi) is 7.01. The van der Waals surface area contributed by atoms with Crippen LogP contribution in [0.25, 0.3) is 44.4 Å². The average Bonchev–Trinajstić information content (AvgIpc) is 3.62. The Balaban J connectivity index is 0.000000680. The number of carboxylic acids is 1. The minimum Gasteiger partial charge on any atom is -0.481 e. The van der Waals surface area contributed by atoms with Gasteiger partial charge in [0.05, 0.1) is 11.4 Å². The molecule has 202 valence electrons. The van der Waals surface area contributed by atoms with Crippen LogP contribution in [0.15, 0.2) is 81.3 Å². The van der Waals surface area contributed by atoms with Gasteiger partial charge in [-0.25, -0.2) is 0 Å². The van der Waals surface area contributed by atoms with Crippen LogP contribution in [0.2, 0.25) is 0 Å². The Morgan fingerprint density at radius 1 is 0.825 bits per heavy atom. The lowest BCUT2D eigenvalue weighted by Gasteiger charge is -2.14. The van der Waals surface area contributed by atoms with Crippen molar-refractivity contribution < 1.29 is 14.3 Å². The number of aliphatic carboxylic acids is 1. The molecule has 7 rings (SSSR count). The molecule has 40 heavy (non-hydrogen) atoms. The topological polar surface area (TPSA) is 128 Å². The number of rotatable bonds is 4. The molecule has 5 aromatic rings. The molecule has 0 saturated carbocycles. The maximum atomic E-state index is 9.00. The van der Waals surface area contributed by atoms with Crippen molar-refractivity contribution in [3.05, 3.63) is 78.2 Å². The highest BCUT2D eigenvalue weighted by molar-refractivity contribution is 6.02. The quantitative estimate of drug-likeness (QED) is 0.251. The molecular formula is C31H30N6O3. The second-order valence-corrected chi connectivity index (χ2v) is 9.82. The third-order valence-electron chi connectivity index (χ3n) is 6.82. The summed E-state index contributed by atoms with van der Waals surface area (Å²) in [7, 11) is 0. The fourth-order valence-corrected chi connectivity index (χ4v) is 4.89. The Morgan fingerprint density at radius 3 is 2.23 bits per heavy atom. The van der Waals surface area contributed by atoms with Crippen LogP contribution < -0.4 is 10.6 Å². The van der Waals surface area contributed by atoms with E-state index in [1.807, 2.05) is 6.20 Å². The minimum absolute atomic E-state index is 0.795. The van der Waals surface area contributed by atoms with E-state index in [1.54, 1.807) is 0 Å². The first kappa shape index (κ1) is 25.4. The molecule has 0 amide bonds. The van der Waals surface area contributed by atoms with E-state index in [0.717, 1.165) is 113 Å². The van der Waals surface area contributed by atoms with Crippen molar-refractivity contribution in [1.82, 2.24) is 20.6 Å². The summed E-state index contributed by atoms with van der Waals surface area (Å²) < 4.78 is 6.12. The molecule has 0 radical (unpaired) electrons. The van der Waals surface area contributed by atoms with Crippen LogP contribution in [-0.2, 0) is 4.79 Å². The molecule has 0 saturated heterocycles. The van der Waals surface area contributed by atoms with Gasteiger partial charge in [0.2, 0.25) is 0 Å². The maximum Gasteiger partial charge on any atom is 0.300 e. The number of aliphatic imine (C=N–C) groups is 2. The fraction of sp³-hybridized carbons (Fsp3) is 0.226. The Morgan fingerprint density at radius 2 is 1.52 bits per heavy atom. The van der Waals surface area contributed by atoms with E-state index in [1.165, 1.54) is 0 Å². The van der Waals surface area contributed by atoms with Crippen LogP contribution in [0.3, 0.4) is 0 Å². The molecule has 0 spiro atoms. The molecule has 2 aliphatic heterocycles. The number of benzene rings is 2. The molecule has 9 heteroatoms. The van der Waals surface area contributed by atoms with E-state index in [4.69, 9.17) is 19.3 Å². The largest absolute Gasteiger partial charge is 0.481 e. The smallest absolute Gasteiger partial charge is 0.300 e. The minimum atomic E-state index is -0.833. The van der Waals surface area contributed by atoms with Crippen LogP contribution >= 0.6 is 0 Å². The molecule has 0 unspecified atom stereocenters. The van der Waals surface area contributed by atoms with Gasteiger partial charge in [0, 0.05) is 66.7 Å². The lowest BCUT2D eigenvalue weighted by molar-refractivity contribution is -0.134.